The molecule has 94 valence electrons. The number of amides is 1. The van der Waals surface area contributed by atoms with E-state index < -0.39 is 0 Å². The highest BCUT2D eigenvalue weighted by Gasteiger charge is 2.27. The maximum absolute atomic E-state index is 11.9. The highest BCUT2D eigenvalue weighted by Crippen LogP contribution is 2.18. The molecular weight excluding hydrogens is 202 g/mol. The average molecular weight is 227 g/mol. The van der Waals surface area contributed by atoms with Crippen molar-refractivity contribution < 1.29 is 9.90 Å². The number of aliphatic hydroxyl groups excluding tert-OH is 1. The Hall–Kier alpha value is -0.570. The normalized spacial score (nSPS) is 20.4. The monoisotopic (exact) mass is 227 g/mol. The summed E-state index contributed by atoms with van der Waals surface area (Å²) < 4.78 is 0. The van der Waals surface area contributed by atoms with Gasteiger partial charge in [0.2, 0.25) is 5.91 Å². The molecule has 3 heteroatoms. The van der Waals surface area contributed by atoms with Gasteiger partial charge >= 0.3 is 0 Å². The molecule has 0 aromatic heterocycles. The third-order valence-corrected chi connectivity index (χ3v) is 3.40. The molecule has 1 heterocycles. The summed E-state index contributed by atoms with van der Waals surface area (Å²) in [5.41, 5.74) is 0. The first-order chi connectivity index (χ1) is 7.79. The predicted molar refractivity (Wildman–Crippen MR) is 65.2 cm³/mol. The molecule has 1 amide bonds. The molecular formula is C13H25NO2. The Kier molecular flexibility index (Phi) is 6.46. The second kappa shape index (κ2) is 7.66. The van der Waals surface area contributed by atoms with Crippen molar-refractivity contribution in [2.45, 2.75) is 64.3 Å². The molecule has 0 radical (unpaired) electrons. The Bertz CT molecular complexity index is 206. The Balaban J connectivity index is 2.14. The van der Waals surface area contributed by atoms with Gasteiger partial charge in [0.1, 0.15) is 0 Å². The van der Waals surface area contributed by atoms with Crippen LogP contribution in [0.5, 0.6) is 0 Å². The number of unbranched alkanes of at least 4 members (excludes halogenated alkanes) is 4. The lowest BCUT2D eigenvalue weighted by Crippen LogP contribution is -2.37. The SMILES string of the molecule is CCCCCCCC(=O)N1CCC[C@H]1CO. The molecule has 1 aliphatic heterocycles. The zero-order valence-electron chi connectivity index (χ0n) is 10.5. The van der Waals surface area contributed by atoms with E-state index in [1.807, 2.05) is 4.90 Å². The lowest BCUT2D eigenvalue weighted by molar-refractivity contribution is -0.132. The van der Waals surface area contributed by atoms with Crippen molar-refractivity contribution in [1.29, 1.82) is 0 Å². The quantitative estimate of drug-likeness (QED) is 0.678. The van der Waals surface area contributed by atoms with Crippen molar-refractivity contribution >= 4 is 5.91 Å². The zero-order chi connectivity index (χ0) is 11.8. The van der Waals surface area contributed by atoms with E-state index >= 15 is 0 Å². The number of hydrogen-bond acceptors (Lipinski definition) is 2. The predicted octanol–water partition coefficient (Wildman–Crippen LogP) is 2.33. The smallest absolute Gasteiger partial charge is 0.222 e. The average Bonchev–Trinajstić information content (AvgIpc) is 2.76. The maximum Gasteiger partial charge on any atom is 0.222 e. The minimum atomic E-state index is 0.100. The molecule has 1 atom stereocenters. The molecule has 0 spiro atoms. The van der Waals surface area contributed by atoms with Gasteiger partial charge in [-0.05, 0) is 19.3 Å². The summed E-state index contributed by atoms with van der Waals surface area (Å²) in [5.74, 6) is 0.244. The lowest BCUT2D eigenvalue weighted by Gasteiger charge is -2.22. The Morgan fingerprint density at radius 3 is 2.75 bits per heavy atom. The molecule has 3 nitrogen and oxygen atoms in total. The van der Waals surface area contributed by atoms with Crippen molar-refractivity contribution in [2.24, 2.45) is 0 Å². The van der Waals surface area contributed by atoms with Crippen molar-refractivity contribution in [2.75, 3.05) is 13.2 Å². The molecule has 0 aromatic carbocycles. The van der Waals surface area contributed by atoms with Crippen LogP contribution in [-0.2, 0) is 4.79 Å². The van der Waals surface area contributed by atoms with E-state index in [0.717, 1.165) is 32.2 Å². The van der Waals surface area contributed by atoms with Gasteiger partial charge in [-0.3, -0.25) is 4.79 Å². The van der Waals surface area contributed by atoms with Crippen molar-refractivity contribution in [3.8, 4) is 0 Å². The molecule has 1 rings (SSSR count). The molecule has 0 aromatic rings. The van der Waals surface area contributed by atoms with Crippen LogP contribution in [0, 0.1) is 0 Å². The van der Waals surface area contributed by atoms with Crippen LogP contribution < -0.4 is 0 Å². The van der Waals surface area contributed by atoms with Gasteiger partial charge in [-0.25, -0.2) is 0 Å². The third kappa shape index (κ3) is 4.12. The van der Waals surface area contributed by atoms with Crippen LogP contribution in [0.4, 0.5) is 0 Å². The number of carbonyl (C=O) groups is 1. The fourth-order valence-electron chi connectivity index (χ4n) is 2.38. The van der Waals surface area contributed by atoms with Gasteiger partial charge in [-0.2, -0.15) is 0 Å². The number of carbonyl (C=O) groups excluding carboxylic acids is 1. The topological polar surface area (TPSA) is 40.5 Å². The van der Waals surface area contributed by atoms with Crippen LogP contribution in [-0.4, -0.2) is 35.1 Å². The summed E-state index contributed by atoms with van der Waals surface area (Å²) in [6, 6.07) is 0.100. The van der Waals surface area contributed by atoms with E-state index in [2.05, 4.69) is 6.92 Å². The molecule has 1 aliphatic rings. The summed E-state index contributed by atoms with van der Waals surface area (Å²) in [7, 11) is 0. The van der Waals surface area contributed by atoms with Gasteiger partial charge in [-0.1, -0.05) is 32.6 Å². The molecule has 16 heavy (non-hydrogen) atoms. The molecule has 0 saturated carbocycles. The van der Waals surface area contributed by atoms with Crippen LogP contribution in [0.25, 0.3) is 0 Å². The maximum atomic E-state index is 11.9. The molecule has 0 aliphatic carbocycles. The van der Waals surface area contributed by atoms with Crippen molar-refractivity contribution in [1.82, 2.24) is 4.90 Å². The van der Waals surface area contributed by atoms with E-state index in [4.69, 9.17) is 5.11 Å². The molecule has 0 bridgehead atoms. The number of hydrogen-bond donors (Lipinski definition) is 1. The van der Waals surface area contributed by atoms with Gasteiger partial charge < -0.3 is 10.0 Å². The summed E-state index contributed by atoms with van der Waals surface area (Å²) in [6.45, 7) is 3.17. The van der Waals surface area contributed by atoms with Gasteiger partial charge in [0, 0.05) is 13.0 Å². The fourth-order valence-corrected chi connectivity index (χ4v) is 2.38. The first-order valence-corrected chi connectivity index (χ1v) is 6.70. The summed E-state index contributed by atoms with van der Waals surface area (Å²) in [6.07, 6.45) is 8.62. The van der Waals surface area contributed by atoms with Crippen molar-refractivity contribution in [3.05, 3.63) is 0 Å². The minimum absolute atomic E-state index is 0.100. The second-order valence-corrected chi connectivity index (χ2v) is 4.73. The first-order valence-electron chi connectivity index (χ1n) is 6.70. The van der Waals surface area contributed by atoms with Crippen LogP contribution in [0.2, 0.25) is 0 Å². The summed E-state index contributed by atoms with van der Waals surface area (Å²) in [5, 5.41) is 9.13. The van der Waals surface area contributed by atoms with E-state index in [1.54, 1.807) is 0 Å². The summed E-state index contributed by atoms with van der Waals surface area (Å²) >= 11 is 0. The molecule has 1 fully saturated rings. The second-order valence-electron chi connectivity index (χ2n) is 4.73. The first kappa shape index (κ1) is 13.5. The van der Waals surface area contributed by atoms with Gasteiger partial charge in [0.05, 0.1) is 12.6 Å². The number of aliphatic hydroxyl groups is 1. The fraction of sp³-hybridized carbons (Fsp3) is 0.923. The van der Waals surface area contributed by atoms with Crippen LogP contribution in [0.1, 0.15) is 58.3 Å². The number of rotatable bonds is 7. The third-order valence-electron chi connectivity index (χ3n) is 3.40. The standard InChI is InChI=1S/C13H25NO2/c1-2-3-4-5-6-9-13(16)14-10-7-8-12(14)11-15/h12,15H,2-11H2,1H3/t12-/m0/s1. The Labute approximate surface area is 98.8 Å². The Morgan fingerprint density at radius 2 is 2.06 bits per heavy atom. The van der Waals surface area contributed by atoms with Crippen LogP contribution in [0.3, 0.4) is 0 Å². The number of likely N-dealkylation sites (tertiary alicyclic amines) is 1. The zero-order valence-corrected chi connectivity index (χ0v) is 10.5. The van der Waals surface area contributed by atoms with Crippen LogP contribution >= 0.6 is 0 Å². The van der Waals surface area contributed by atoms with Gasteiger partial charge in [0.25, 0.3) is 0 Å². The van der Waals surface area contributed by atoms with Crippen molar-refractivity contribution in [3.63, 3.8) is 0 Å². The molecule has 1 N–H and O–H groups in total. The summed E-state index contributed by atoms with van der Waals surface area (Å²) in [4.78, 5) is 13.7. The van der Waals surface area contributed by atoms with Crippen LogP contribution in [0.15, 0.2) is 0 Å². The number of nitrogens with zero attached hydrogens (tertiary/aromatic N) is 1. The van der Waals surface area contributed by atoms with Gasteiger partial charge in [0.15, 0.2) is 0 Å². The van der Waals surface area contributed by atoms with E-state index in [1.165, 1.54) is 19.3 Å². The Morgan fingerprint density at radius 1 is 1.31 bits per heavy atom. The largest absolute Gasteiger partial charge is 0.394 e. The van der Waals surface area contributed by atoms with E-state index in [-0.39, 0.29) is 18.6 Å². The lowest BCUT2D eigenvalue weighted by atomic mass is 10.1. The highest BCUT2D eigenvalue weighted by molar-refractivity contribution is 5.76. The molecule has 1 saturated heterocycles. The highest BCUT2D eigenvalue weighted by atomic mass is 16.3. The molecule has 0 unspecified atom stereocenters. The minimum Gasteiger partial charge on any atom is -0.394 e. The van der Waals surface area contributed by atoms with E-state index in [0.29, 0.717) is 6.42 Å². The van der Waals surface area contributed by atoms with Gasteiger partial charge in [-0.15, -0.1) is 0 Å². The van der Waals surface area contributed by atoms with E-state index in [9.17, 15) is 4.79 Å².